The monoisotopic (exact) mass is 488 g/mol. The molecule has 1 saturated carbocycles. The number of rotatable bonds is 8. The van der Waals surface area contributed by atoms with E-state index in [4.69, 9.17) is 4.74 Å². The molecule has 0 spiro atoms. The minimum absolute atomic E-state index is 0.0729. The van der Waals surface area contributed by atoms with Crippen LogP contribution in [0, 0.1) is 11.3 Å². The first kappa shape index (κ1) is 23.6. The molecule has 0 bridgehead atoms. The number of ether oxygens (including phenoxy) is 2. The number of fused-ring (bicyclic) bond motifs is 1. The third-order valence-electron chi connectivity index (χ3n) is 6.64. The number of alkyl halides is 3. The molecule has 35 heavy (non-hydrogen) atoms. The van der Waals surface area contributed by atoms with Gasteiger partial charge in [-0.1, -0.05) is 19.1 Å². The van der Waals surface area contributed by atoms with Crippen molar-refractivity contribution in [1.82, 2.24) is 19.9 Å². The van der Waals surface area contributed by atoms with E-state index >= 15 is 0 Å². The molecule has 7 nitrogen and oxygen atoms in total. The van der Waals surface area contributed by atoms with Crippen LogP contribution in [-0.2, 0) is 16.1 Å². The van der Waals surface area contributed by atoms with Crippen molar-refractivity contribution in [1.29, 1.82) is 0 Å². The van der Waals surface area contributed by atoms with E-state index in [1.165, 1.54) is 11.6 Å². The lowest BCUT2D eigenvalue weighted by molar-refractivity contribution is -0.154. The van der Waals surface area contributed by atoms with Gasteiger partial charge in [0.15, 0.2) is 6.61 Å². The Labute approximate surface area is 200 Å². The van der Waals surface area contributed by atoms with E-state index < -0.39 is 18.8 Å². The van der Waals surface area contributed by atoms with Gasteiger partial charge in [-0.25, -0.2) is 4.98 Å². The van der Waals surface area contributed by atoms with E-state index in [2.05, 4.69) is 62.0 Å². The quantitative estimate of drug-likeness (QED) is 0.509. The van der Waals surface area contributed by atoms with Gasteiger partial charge in [-0.05, 0) is 42.3 Å². The van der Waals surface area contributed by atoms with Crippen molar-refractivity contribution < 1.29 is 27.4 Å². The van der Waals surface area contributed by atoms with E-state index in [0.29, 0.717) is 5.69 Å². The van der Waals surface area contributed by atoms with Crippen LogP contribution in [0.25, 0.3) is 10.9 Å². The number of hydrogen-bond donors (Lipinski definition) is 1. The third kappa shape index (κ3) is 5.27. The SMILES string of the molecule is C[C@@H](NC(=O)[C@@H]1C[C@H]1c1ccc2ccn(CC3(C)COC3)c2c1)c1cnc(OCC(F)(F)F)cn1. The van der Waals surface area contributed by atoms with Crippen LogP contribution < -0.4 is 10.1 Å². The second kappa shape index (κ2) is 8.82. The average Bonchev–Trinajstić information content (AvgIpc) is 3.52. The number of carbonyl (C=O) groups is 1. The molecule has 3 heterocycles. The van der Waals surface area contributed by atoms with E-state index in [-0.39, 0.29) is 29.0 Å². The highest BCUT2D eigenvalue weighted by atomic mass is 19.4. The number of nitrogens with zero attached hydrogens (tertiary/aromatic N) is 3. The van der Waals surface area contributed by atoms with Crippen molar-refractivity contribution in [3.05, 3.63) is 54.1 Å². The maximum atomic E-state index is 12.8. The Morgan fingerprint density at radius 3 is 2.74 bits per heavy atom. The molecular weight excluding hydrogens is 461 g/mol. The van der Waals surface area contributed by atoms with Gasteiger partial charge < -0.3 is 19.4 Å². The van der Waals surface area contributed by atoms with E-state index in [1.807, 2.05) is 0 Å². The van der Waals surface area contributed by atoms with Gasteiger partial charge in [0.1, 0.15) is 0 Å². The van der Waals surface area contributed by atoms with Crippen molar-refractivity contribution >= 4 is 16.8 Å². The van der Waals surface area contributed by atoms with Crippen molar-refractivity contribution in [3.63, 3.8) is 0 Å². The molecular formula is C25H27F3N4O3. The maximum Gasteiger partial charge on any atom is 0.422 e. The van der Waals surface area contributed by atoms with E-state index in [9.17, 15) is 18.0 Å². The summed E-state index contributed by atoms with van der Waals surface area (Å²) in [7, 11) is 0. The standard InChI is InChI=1S/C25H27F3N4O3/c1-15(20-9-30-22(10-29-20)35-14-25(26,27)28)31-23(33)19-8-18(19)17-4-3-16-5-6-32(21(16)7-17)11-24(2)12-34-13-24/h3-7,9-10,15,18-19H,8,11-14H2,1-2H3,(H,31,33)/t15-,18+,19-/m1/s1. The second-order valence-corrected chi connectivity index (χ2v) is 9.93. The second-order valence-electron chi connectivity index (χ2n) is 9.93. The van der Waals surface area contributed by atoms with Crippen LogP contribution in [0.1, 0.15) is 43.5 Å². The molecule has 186 valence electrons. The minimum Gasteiger partial charge on any atom is -0.467 e. The highest BCUT2D eigenvalue weighted by Crippen LogP contribution is 2.48. The summed E-state index contributed by atoms with van der Waals surface area (Å²) < 4.78 is 49.0. The van der Waals surface area contributed by atoms with Gasteiger partial charge in [0.2, 0.25) is 11.8 Å². The third-order valence-corrected chi connectivity index (χ3v) is 6.64. The van der Waals surface area contributed by atoms with E-state index in [0.717, 1.165) is 43.5 Å². The van der Waals surface area contributed by atoms with Crippen LogP contribution in [0.4, 0.5) is 13.2 Å². The molecule has 1 amide bonds. The first-order valence-electron chi connectivity index (χ1n) is 11.6. The van der Waals surface area contributed by atoms with Gasteiger partial charge in [-0.3, -0.25) is 9.78 Å². The van der Waals surface area contributed by atoms with Crippen LogP contribution in [0.15, 0.2) is 42.9 Å². The summed E-state index contributed by atoms with van der Waals surface area (Å²) >= 11 is 0. The number of amides is 1. The number of benzene rings is 1. The summed E-state index contributed by atoms with van der Waals surface area (Å²) in [6.07, 6.45) is 0.879. The van der Waals surface area contributed by atoms with Gasteiger partial charge in [0.25, 0.3) is 0 Å². The Morgan fingerprint density at radius 2 is 2.09 bits per heavy atom. The molecule has 10 heteroatoms. The average molecular weight is 489 g/mol. The number of halogens is 3. The van der Waals surface area contributed by atoms with Crippen LogP contribution >= 0.6 is 0 Å². The summed E-state index contributed by atoms with van der Waals surface area (Å²) in [6, 6.07) is 8.06. The smallest absolute Gasteiger partial charge is 0.422 e. The number of hydrogen-bond acceptors (Lipinski definition) is 5. The lowest BCUT2D eigenvalue weighted by Gasteiger charge is -2.38. The Balaban J connectivity index is 1.19. The summed E-state index contributed by atoms with van der Waals surface area (Å²) in [5, 5.41) is 4.12. The van der Waals surface area contributed by atoms with Crippen LogP contribution in [0.2, 0.25) is 0 Å². The summed E-state index contributed by atoms with van der Waals surface area (Å²) in [5.41, 5.74) is 2.91. The van der Waals surface area contributed by atoms with Crippen LogP contribution in [0.3, 0.4) is 0 Å². The first-order chi connectivity index (χ1) is 16.6. The fourth-order valence-electron chi connectivity index (χ4n) is 4.55. The van der Waals surface area contributed by atoms with E-state index in [1.54, 1.807) is 6.92 Å². The van der Waals surface area contributed by atoms with Gasteiger partial charge in [0.05, 0.1) is 37.3 Å². The lowest BCUT2D eigenvalue weighted by atomic mass is 9.88. The molecule has 1 aromatic carbocycles. The normalized spacial score (nSPS) is 21.9. The number of aromatic nitrogens is 3. The lowest BCUT2D eigenvalue weighted by Crippen LogP contribution is -2.42. The molecule has 1 N–H and O–H groups in total. The molecule has 1 saturated heterocycles. The molecule has 1 aliphatic heterocycles. The van der Waals surface area contributed by atoms with Crippen molar-refractivity contribution in [2.24, 2.45) is 11.3 Å². The fraction of sp³-hybridized carbons (Fsp3) is 0.480. The highest BCUT2D eigenvalue weighted by Gasteiger charge is 2.44. The van der Waals surface area contributed by atoms with Gasteiger partial charge >= 0.3 is 6.18 Å². The predicted molar refractivity (Wildman–Crippen MR) is 122 cm³/mol. The maximum absolute atomic E-state index is 12.8. The molecule has 0 radical (unpaired) electrons. The van der Waals surface area contributed by atoms with Gasteiger partial charge in [0, 0.05) is 29.6 Å². The topological polar surface area (TPSA) is 78.3 Å². The van der Waals surface area contributed by atoms with Crippen molar-refractivity contribution in [3.8, 4) is 5.88 Å². The van der Waals surface area contributed by atoms with Crippen LogP contribution in [-0.4, -0.2) is 46.4 Å². The largest absolute Gasteiger partial charge is 0.467 e. The number of nitrogens with one attached hydrogen (secondary N) is 1. The van der Waals surface area contributed by atoms with Crippen molar-refractivity contribution in [2.75, 3.05) is 19.8 Å². The molecule has 1 aliphatic carbocycles. The Bertz CT molecular complexity index is 1220. The van der Waals surface area contributed by atoms with Gasteiger partial charge in [-0.15, -0.1) is 0 Å². The molecule has 2 fully saturated rings. The van der Waals surface area contributed by atoms with Crippen molar-refractivity contribution in [2.45, 2.75) is 44.9 Å². The minimum atomic E-state index is -4.44. The van der Waals surface area contributed by atoms with Gasteiger partial charge in [-0.2, -0.15) is 13.2 Å². The first-order valence-corrected chi connectivity index (χ1v) is 11.6. The zero-order valence-corrected chi connectivity index (χ0v) is 19.5. The molecule has 3 atom stereocenters. The Kier molecular flexibility index (Phi) is 5.94. The number of carbonyl (C=O) groups excluding carboxylic acids is 1. The van der Waals surface area contributed by atoms with Crippen LogP contribution in [0.5, 0.6) is 5.88 Å². The zero-order valence-electron chi connectivity index (χ0n) is 19.5. The molecule has 5 rings (SSSR count). The summed E-state index contributed by atoms with van der Waals surface area (Å²) in [4.78, 5) is 20.8. The molecule has 2 aliphatic rings. The Morgan fingerprint density at radius 1 is 1.29 bits per heavy atom. The molecule has 3 aromatic rings. The zero-order chi connectivity index (χ0) is 24.8. The summed E-state index contributed by atoms with van der Waals surface area (Å²) in [5.74, 6) is -0.262. The fourth-order valence-corrected chi connectivity index (χ4v) is 4.55. The Hall–Kier alpha value is -3.14. The predicted octanol–water partition coefficient (Wildman–Crippen LogP) is 4.39. The molecule has 2 aromatic heterocycles. The molecule has 0 unspecified atom stereocenters. The summed E-state index contributed by atoms with van der Waals surface area (Å²) in [6.45, 7) is 4.99. The highest BCUT2D eigenvalue weighted by molar-refractivity contribution is 5.85.